The molecule has 5 nitrogen and oxygen atoms in total. The number of hydrogen-bond acceptors (Lipinski definition) is 5. The topological polar surface area (TPSA) is 54.0 Å². The zero-order valence-corrected chi connectivity index (χ0v) is 13.1. The van der Waals surface area contributed by atoms with Crippen LogP contribution in [-0.4, -0.2) is 39.5 Å². The SMILES string of the molecule is COc1cc(C=O)ccc1OCCCCOC1CCCCO1. The third-order valence-electron chi connectivity index (χ3n) is 3.56. The Morgan fingerprint density at radius 2 is 2.09 bits per heavy atom. The molecule has 0 aromatic heterocycles. The number of hydrogen-bond donors (Lipinski definition) is 0. The van der Waals surface area contributed by atoms with Gasteiger partial charge in [0.15, 0.2) is 17.8 Å². The summed E-state index contributed by atoms with van der Waals surface area (Å²) in [5.41, 5.74) is 0.574. The first-order valence-electron chi connectivity index (χ1n) is 7.82. The summed E-state index contributed by atoms with van der Waals surface area (Å²) in [5.74, 6) is 1.24. The van der Waals surface area contributed by atoms with Crippen LogP contribution in [0.4, 0.5) is 0 Å². The normalized spacial score (nSPS) is 18.0. The molecule has 122 valence electrons. The highest BCUT2D eigenvalue weighted by atomic mass is 16.7. The fourth-order valence-electron chi connectivity index (χ4n) is 2.32. The highest BCUT2D eigenvalue weighted by molar-refractivity contribution is 5.76. The van der Waals surface area contributed by atoms with Gasteiger partial charge in [-0.3, -0.25) is 4.79 Å². The second kappa shape index (κ2) is 9.43. The maximum Gasteiger partial charge on any atom is 0.161 e. The molecule has 0 amide bonds. The summed E-state index contributed by atoms with van der Waals surface area (Å²) >= 11 is 0. The van der Waals surface area contributed by atoms with E-state index in [0.29, 0.717) is 30.3 Å². The van der Waals surface area contributed by atoms with Crippen molar-refractivity contribution in [2.45, 2.75) is 38.4 Å². The van der Waals surface area contributed by atoms with E-state index in [9.17, 15) is 4.79 Å². The summed E-state index contributed by atoms with van der Waals surface area (Å²) in [7, 11) is 1.56. The molecule has 0 spiro atoms. The van der Waals surface area contributed by atoms with Gasteiger partial charge in [-0.05, 0) is 50.3 Å². The molecule has 1 aromatic carbocycles. The highest BCUT2D eigenvalue weighted by Gasteiger charge is 2.13. The van der Waals surface area contributed by atoms with Gasteiger partial charge in [-0.15, -0.1) is 0 Å². The predicted octanol–water partition coefficient (Wildman–Crippen LogP) is 3.21. The fraction of sp³-hybridized carbons (Fsp3) is 0.588. The van der Waals surface area contributed by atoms with Gasteiger partial charge in [-0.25, -0.2) is 0 Å². The molecule has 2 rings (SSSR count). The van der Waals surface area contributed by atoms with Crippen molar-refractivity contribution in [2.75, 3.05) is 26.9 Å². The minimum absolute atomic E-state index is 0.0225. The van der Waals surface area contributed by atoms with Crippen molar-refractivity contribution in [1.29, 1.82) is 0 Å². The molecule has 5 heteroatoms. The first-order valence-corrected chi connectivity index (χ1v) is 7.82. The monoisotopic (exact) mass is 308 g/mol. The molecule has 1 fully saturated rings. The number of benzene rings is 1. The Hall–Kier alpha value is -1.59. The lowest BCUT2D eigenvalue weighted by Gasteiger charge is -2.22. The van der Waals surface area contributed by atoms with Crippen molar-refractivity contribution < 1.29 is 23.7 Å². The van der Waals surface area contributed by atoms with Crippen molar-refractivity contribution in [3.05, 3.63) is 23.8 Å². The minimum Gasteiger partial charge on any atom is -0.493 e. The number of unbranched alkanes of at least 4 members (excludes halogenated alkanes) is 1. The van der Waals surface area contributed by atoms with E-state index >= 15 is 0 Å². The number of aldehydes is 1. The third kappa shape index (κ3) is 5.31. The summed E-state index contributed by atoms with van der Waals surface area (Å²) < 4.78 is 22.1. The Balaban J connectivity index is 1.62. The van der Waals surface area contributed by atoms with Crippen molar-refractivity contribution in [2.24, 2.45) is 0 Å². The van der Waals surface area contributed by atoms with Crippen LogP contribution in [0.25, 0.3) is 0 Å². The van der Waals surface area contributed by atoms with Crippen LogP contribution in [-0.2, 0) is 9.47 Å². The van der Waals surface area contributed by atoms with E-state index in [4.69, 9.17) is 18.9 Å². The van der Waals surface area contributed by atoms with E-state index < -0.39 is 0 Å². The first-order chi connectivity index (χ1) is 10.8. The number of methoxy groups -OCH3 is 1. The van der Waals surface area contributed by atoms with Crippen molar-refractivity contribution in [3.63, 3.8) is 0 Å². The van der Waals surface area contributed by atoms with E-state index in [1.807, 2.05) is 0 Å². The predicted molar refractivity (Wildman–Crippen MR) is 82.7 cm³/mol. The average Bonchev–Trinajstić information content (AvgIpc) is 2.59. The zero-order valence-electron chi connectivity index (χ0n) is 13.1. The molecule has 0 aliphatic carbocycles. The van der Waals surface area contributed by atoms with Crippen LogP contribution < -0.4 is 9.47 Å². The average molecular weight is 308 g/mol. The molecule has 0 saturated carbocycles. The Morgan fingerprint density at radius 3 is 2.82 bits per heavy atom. The molecule has 0 N–H and O–H groups in total. The number of carbonyl (C=O) groups excluding carboxylic acids is 1. The van der Waals surface area contributed by atoms with Crippen LogP contribution in [0.1, 0.15) is 42.5 Å². The molecule has 1 aliphatic rings. The fourth-order valence-corrected chi connectivity index (χ4v) is 2.32. The summed E-state index contributed by atoms with van der Waals surface area (Å²) in [4.78, 5) is 10.7. The Morgan fingerprint density at radius 1 is 1.23 bits per heavy atom. The quantitative estimate of drug-likeness (QED) is 0.518. The number of ether oxygens (including phenoxy) is 4. The molecule has 1 aromatic rings. The van der Waals surface area contributed by atoms with E-state index in [-0.39, 0.29) is 6.29 Å². The van der Waals surface area contributed by atoms with Crippen LogP contribution in [0.15, 0.2) is 18.2 Å². The second-order valence-electron chi connectivity index (χ2n) is 5.25. The smallest absolute Gasteiger partial charge is 0.161 e. The Bertz CT molecular complexity index is 454. The zero-order chi connectivity index (χ0) is 15.6. The van der Waals surface area contributed by atoms with Gasteiger partial charge in [-0.2, -0.15) is 0 Å². The highest BCUT2D eigenvalue weighted by Crippen LogP contribution is 2.27. The lowest BCUT2D eigenvalue weighted by molar-refractivity contribution is -0.162. The number of carbonyl (C=O) groups is 1. The van der Waals surface area contributed by atoms with E-state index in [0.717, 1.165) is 38.6 Å². The summed E-state index contributed by atoms with van der Waals surface area (Å²) in [6.07, 6.45) is 5.90. The van der Waals surface area contributed by atoms with Crippen LogP contribution in [0.3, 0.4) is 0 Å². The molecule has 0 bridgehead atoms. The van der Waals surface area contributed by atoms with Gasteiger partial charge in [0.05, 0.1) is 13.7 Å². The van der Waals surface area contributed by atoms with Crippen LogP contribution in [0.5, 0.6) is 11.5 Å². The van der Waals surface area contributed by atoms with Gasteiger partial charge in [-0.1, -0.05) is 0 Å². The molecular formula is C17H24O5. The molecule has 1 heterocycles. The molecule has 1 aliphatic heterocycles. The molecule has 1 unspecified atom stereocenters. The van der Waals surface area contributed by atoms with Crippen LogP contribution in [0, 0.1) is 0 Å². The minimum atomic E-state index is -0.0225. The van der Waals surface area contributed by atoms with Gasteiger partial charge in [0.2, 0.25) is 0 Å². The van der Waals surface area contributed by atoms with E-state index in [2.05, 4.69) is 0 Å². The Labute approximate surface area is 131 Å². The first kappa shape index (κ1) is 16.8. The van der Waals surface area contributed by atoms with Gasteiger partial charge < -0.3 is 18.9 Å². The van der Waals surface area contributed by atoms with Crippen LogP contribution in [0.2, 0.25) is 0 Å². The largest absolute Gasteiger partial charge is 0.493 e. The van der Waals surface area contributed by atoms with Crippen LogP contribution >= 0.6 is 0 Å². The van der Waals surface area contributed by atoms with Crippen molar-refractivity contribution in [1.82, 2.24) is 0 Å². The van der Waals surface area contributed by atoms with Crippen molar-refractivity contribution in [3.8, 4) is 11.5 Å². The Kier molecular flexibility index (Phi) is 7.19. The van der Waals surface area contributed by atoms with Gasteiger partial charge in [0.25, 0.3) is 0 Å². The molecule has 1 atom stereocenters. The maximum atomic E-state index is 10.7. The van der Waals surface area contributed by atoms with Gasteiger partial charge in [0, 0.05) is 18.8 Å². The summed E-state index contributed by atoms with van der Waals surface area (Å²) in [6, 6.07) is 5.15. The molecule has 22 heavy (non-hydrogen) atoms. The van der Waals surface area contributed by atoms with Gasteiger partial charge in [0.1, 0.15) is 6.29 Å². The maximum absolute atomic E-state index is 10.7. The molecular weight excluding hydrogens is 284 g/mol. The summed E-state index contributed by atoms with van der Waals surface area (Å²) in [5, 5.41) is 0. The second-order valence-corrected chi connectivity index (χ2v) is 5.25. The standard InChI is InChI=1S/C17H24O5/c1-19-16-12-14(13-18)7-8-15(16)20-9-4-5-11-22-17-6-2-3-10-21-17/h7-8,12-13,17H,2-6,9-11H2,1H3. The lowest BCUT2D eigenvalue weighted by Crippen LogP contribution is -2.22. The number of rotatable bonds is 9. The van der Waals surface area contributed by atoms with E-state index in [1.54, 1.807) is 25.3 Å². The third-order valence-corrected chi connectivity index (χ3v) is 3.56. The van der Waals surface area contributed by atoms with Crippen molar-refractivity contribution >= 4 is 6.29 Å². The molecule has 1 saturated heterocycles. The molecule has 0 radical (unpaired) electrons. The van der Waals surface area contributed by atoms with Gasteiger partial charge >= 0.3 is 0 Å². The summed E-state index contributed by atoms with van der Waals surface area (Å²) in [6.45, 7) is 2.09. The lowest BCUT2D eigenvalue weighted by atomic mass is 10.2. The van der Waals surface area contributed by atoms with E-state index in [1.165, 1.54) is 6.42 Å².